The van der Waals surface area contributed by atoms with Crippen molar-refractivity contribution in [1.29, 1.82) is 0 Å². The normalized spacial score (nSPS) is 31.3. The van der Waals surface area contributed by atoms with Crippen LogP contribution in [0.25, 0.3) is 0 Å². The molecule has 0 amide bonds. The second-order valence-corrected chi connectivity index (χ2v) is 7.92. The van der Waals surface area contributed by atoms with Crippen LogP contribution in [0.3, 0.4) is 0 Å². The molecule has 2 rings (SSSR count). The van der Waals surface area contributed by atoms with Crippen LogP contribution in [0.15, 0.2) is 24.3 Å². The van der Waals surface area contributed by atoms with E-state index in [1.54, 1.807) is 6.92 Å². The maximum Gasteiger partial charge on any atom is 0.309 e. The van der Waals surface area contributed by atoms with E-state index in [-0.39, 0.29) is 5.92 Å². The van der Waals surface area contributed by atoms with E-state index in [9.17, 15) is 15.0 Å². The average Bonchev–Trinajstić information content (AvgIpc) is 2.46. The number of carboxylic acid groups (broad SMARTS) is 1. The number of rotatable bonds is 5. The van der Waals surface area contributed by atoms with Crippen molar-refractivity contribution < 1.29 is 15.0 Å². The number of benzene rings is 1. The molecular formula is C20H30O3. The van der Waals surface area contributed by atoms with Gasteiger partial charge in [-0.2, -0.15) is 0 Å². The van der Waals surface area contributed by atoms with Crippen LogP contribution in [-0.2, 0) is 11.2 Å². The Labute approximate surface area is 139 Å². The first-order valence-corrected chi connectivity index (χ1v) is 8.71. The van der Waals surface area contributed by atoms with E-state index in [0.717, 1.165) is 12.8 Å². The number of aryl methyl sites for hydroxylation is 1. The quantitative estimate of drug-likeness (QED) is 0.847. The van der Waals surface area contributed by atoms with Gasteiger partial charge in [0.2, 0.25) is 0 Å². The second kappa shape index (κ2) is 6.64. The molecule has 23 heavy (non-hydrogen) atoms. The summed E-state index contributed by atoms with van der Waals surface area (Å²) in [6, 6.07) is 8.51. The maximum atomic E-state index is 11.8. The van der Waals surface area contributed by atoms with Crippen molar-refractivity contribution in [2.24, 2.45) is 11.3 Å². The number of aliphatic hydroxyl groups is 1. The summed E-state index contributed by atoms with van der Waals surface area (Å²) in [5.41, 5.74) is 0.794. The average molecular weight is 318 g/mol. The Morgan fingerprint density at radius 3 is 2.61 bits per heavy atom. The molecule has 0 saturated heterocycles. The van der Waals surface area contributed by atoms with Crippen LogP contribution in [0.1, 0.15) is 70.4 Å². The predicted molar refractivity (Wildman–Crippen MR) is 92.6 cm³/mol. The highest BCUT2D eigenvalue weighted by Crippen LogP contribution is 2.48. The Hall–Kier alpha value is -1.35. The van der Waals surface area contributed by atoms with E-state index in [1.807, 2.05) is 6.92 Å². The number of hydrogen-bond donors (Lipinski definition) is 2. The van der Waals surface area contributed by atoms with Gasteiger partial charge >= 0.3 is 5.97 Å². The van der Waals surface area contributed by atoms with Gasteiger partial charge in [0.25, 0.3) is 0 Å². The lowest BCUT2D eigenvalue weighted by Crippen LogP contribution is -2.52. The first kappa shape index (κ1) is 18.0. The topological polar surface area (TPSA) is 57.5 Å². The smallest absolute Gasteiger partial charge is 0.309 e. The Kier molecular flexibility index (Phi) is 5.20. The first-order chi connectivity index (χ1) is 10.7. The SMILES string of the molecule is CC(C)c1cccc(CC[C@H]2[C@@](C)(O)CCC[C@]2(C)C(=O)O)c1. The van der Waals surface area contributed by atoms with Crippen molar-refractivity contribution in [2.45, 2.75) is 71.3 Å². The maximum absolute atomic E-state index is 11.8. The van der Waals surface area contributed by atoms with E-state index in [4.69, 9.17) is 0 Å². The van der Waals surface area contributed by atoms with Crippen LogP contribution in [0, 0.1) is 11.3 Å². The lowest BCUT2D eigenvalue weighted by molar-refractivity contribution is -0.168. The van der Waals surface area contributed by atoms with Crippen molar-refractivity contribution >= 4 is 5.97 Å². The Bertz CT molecular complexity index is 562. The lowest BCUT2D eigenvalue weighted by Gasteiger charge is -2.47. The second-order valence-electron chi connectivity index (χ2n) is 7.92. The van der Waals surface area contributed by atoms with E-state index < -0.39 is 17.0 Å². The minimum Gasteiger partial charge on any atom is -0.481 e. The predicted octanol–water partition coefficient (Wildman–Crippen LogP) is 4.38. The molecule has 1 aliphatic rings. The molecule has 0 aromatic heterocycles. The van der Waals surface area contributed by atoms with Crippen molar-refractivity contribution in [1.82, 2.24) is 0 Å². The van der Waals surface area contributed by atoms with Gasteiger partial charge in [0.15, 0.2) is 0 Å². The Balaban J connectivity index is 2.18. The van der Waals surface area contributed by atoms with E-state index in [2.05, 4.69) is 38.1 Å². The van der Waals surface area contributed by atoms with Gasteiger partial charge in [-0.25, -0.2) is 0 Å². The molecule has 1 aliphatic carbocycles. The molecular weight excluding hydrogens is 288 g/mol. The third-order valence-corrected chi connectivity index (χ3v) is 5.73. The van der Waals surface area contributed by atoms with Crippen LogP contribution >= 0.6 is 0 Å². The van der Waals surface area contributed by atoms with Crippen LogP contribution in [0.5, 0.6) is 0 Å². The summed E-state index contributed by atoms with van der Waals surface area (Å²) in [6.07, 6.45) is 3.62. The van der Waals surface area contributed by atoms with E-state index in [1.165, 1.54) is 11.1 Å². The Morgan fingerprint density at radius 2 is 2.00 bits per heavy atom. The minimum atomic E-state index is -0.902. The number of carboxylic acids is 1. The van der Waals surface area contributed by atoms with Gasteiger partial charge in [-0.05, 0) is 63.0 Å². The van der Waals surface area contributed by atoms with Gasteiger partial charge in [-0.1, -0.05) is 38.1 Å². The third kappa shape index (κ3) is 3.77. The summed E-state index contributed by atoms with van der Waals surface area (Å²) in [5.74, 6) is -0.514. The van der Waals surface area contributed by atoms with Gasteiger partial charge in [0, 0.05) is 5.92 Å². The van der Waals surface area contributed by atoms with Gasteiger partial charge in [0.1, 0.15) is 0 Å². The molecule has 0 radical (unpaired) electrons. The molecule has 0 bridgehead atoms. The number of hydrogen-bond acceptors (Lipinski definition) is 2. The highest BCUT2D eigenvalue weighted by molar-refractivity contribution is 5.75. The van der Waals surface area contributed by atoms with Gasteiger partial charge in [-0.15, -0.1) is 0 Å². The number of aliphatic carboxylic acids is 1. The van der Waals surface area contributed by atoms with Crippen LogP contribution in [0.2, 0.25) is 0 Å². The fraction of sp³-hybridized carbons (Fsp3) is 0.650. The summed E-state index contributed by atoms with van der Waals surface area (Å²) in [7, 11) is 0. The fourth-order valence-electron chi connectivity index (χ4n) is 4.15. The molecule has 1 fully saturated rings. The summed E-state index contributed by atoms with van der Waals surface area (Å²) in [4.78, 5) is 11.8. The lowest BCUT2D eigenvalue weighted by atomic mass is 9.59. The molecule has 3 atom stereocenters. The molecule has 3 nitrogen and oxygen atoms in total. The largest absolute Gasteiger partial charge is 0.481 e. The van der Waals surface area contributed by atoms with Crippen LogP contribution in [-0.4, -0.2) is 21.8 Å². The van der Waals surface area contributed by atoms with Crippen molar-refractivity contribution in [3.8, 4) is 0 Å². The van der Waals surface area contributed by atoms with Gasteiger partial charge < -0.3 is 10.2 Å². The number of carbonyl (C=O) groups is 1. The van der Waals surface area contributed by atoms with Crippen molar-refractivity contribution in [3.63, 3.8) is 0 Å². The molecule has 0 aliphatic heterocycles. The zero-order chi connectivity index (χ0) is 17.3. The molecule has 0 spiro atoms. The summed E-state index contributed by atoms with van der Waals surface area (Å²) >= 11 is 0. The molecule has 0 unspecified atom stereocenters. The summed E-state index contributed by atoms with van der Waals surface area (Å²) in [6.45, 7) is 7.96. The van der Waals surface area contributed by atoms with E-state index >= 15 is 0 Å². The molecule has 0 heterocycles. The van der Waals surface area contributed by atoms with Crippen LogP contribution < -0.4 is 0 Å². The molecule has 2 N–H and O–H groups in total. The highest BCUT2D eigenvalue weighted by atomic mass is 16.4. The minimum absolute atomic E-state index is 0.219. The van der Waals surface area contributed by atoms with Gasteiger partial charge in [-0.3, -0.25) is 4.79 Å². The highest BCUT2D eigenvalue weighted by Gasteiger charge is 2.51. The summed E-state index contributed by atoms with van der Waals surface area (Å²) in [5, 5.41) is 20.5. The van der Waals surface area contributed by atoms with Crippen molar-refractivity contribution in [2.75, 3.05) is 0 Å². The molecule has 128 valence electrons. The van der Waals surface area contributed by atoms with E-state index in [0.29, 0.717) is 25.2 Å². The molecule has 1 aromatic carbocycles. The first-order valence-electron chi connectivity index (χ1n) is 8.71. The van der Waals surface area contributed by atoms with Crippen molar-refractivity contribution in [3.05, 3.63) is 35.4 Å². The molecule has 3 heteroatoms. The third-order valence-electron chi connectivity index (χ3n) is 5.73. The van der Waals surface area contributed by atoms with Gasteiger partial charge in [0.05, 0.1) is 11.0 Å². The summed E-state index contributed by atoms with van der Waals surface area (Å²) < 4.78 is 0. The zero-order valence-electron chi connectivity index (χ0n) is 14.8. The fourth-order valence-corrected chi connectivity index (χ4v) is 4.15. The molecule has 1 aromatic rings. The van der Waals surface area contributed by atoms with Crippen LogP contribution in [0.4, 0.5) is 0 Å². The standard InChI is InChI=1S/C20H30O3/c1-14(2)16-8-5-7-15(13-16)9-10-17-19(3,18(21)22)11-6-12-20(17,4)23/h5,7-8,13-14,17,23H,6,9-12H2,1-4H3,(H,21,22)/t17-,19+,20+/m1/s1. The zero-order valence-corrected chi connectivity index (χ0v) is 14.8. The molecule has 1 saturated carbocycles. The Morgan fingerprint density at radius 1 is 1.30 bits per heavy atom. The monoisotopic (exact) mass is 318 g/mol.